The largest absolute Gasteiger partial charge is 0.497 e. The lowest BCUT2D eigenvalue weighted by atomic mass is 10.0. The molecule has 1 unspecified atom stereocenters. The smallest absolute Gasteiger partial charge is 0.118 e. The quantitative estimate of drug-likeness (QED) is 0.875. The fourth-order valence-corrected chi connectivity index (χ4v) is 4.10. The Kier molecular flexibility index (Phi) is 5.02. The van der Waals surface area contributed by atoms with Gasteiger partial charge in [-0.2, -0.15) is 0 Å². The number of halogens is 1. The number of benzene rings is 1. The van der Waals surface area contributed by atoms with Crippen LogP contribution in [0.25, 0.3) is 0 Å². The monoisotopic (exact) mass is 339 g/mol. The van der Waals surface area contributed by atoms with Crippen molar-refractivity contribution in [2.75, 3.05) is 14.2 Å². The summed E-state index contributed by atoms with van der Waals surface area (Å²) in [4.78, 5) is 2.69. The first-order valence-corrected chi connectivity index (χ1v) is 7.81. The third-order valence-corrected chi connectivity index (χ3v) is 5.18. The molecule has 2 aromatic rings. The van der Waals surface area contributed by atoms with Gasteiger partial charge in [-0.1, -0.05) is 12.1 Å². The van der Waals surface area contributed by atoms with E-state index in [1.807, 2.05) is 30.5 Å². The van der Waals surface area contributed by atoms with Crippen LogP contribution in [0.5, 0.6) is 5.75 Å². The third-order valence-electron chi connectivity index (χ3n) is 3.10. The van der Waals surface area contributed by atoms with Gasteiger partial charge in [-0.3, -0.25) is 0 Å². The summed E-state index contributed by atoms with van der Waals surface area (Å²) in [5.74, 6) is 0.901. The van der Waals surface area contributed by atoms with Gasteiger partial charge in [-0.25, -0.2) is 0 Å². The van der Waals surface area contributed by atoms with Crippen molar-refractivity contribution in [3.63, 3.8) is 0 Å². The van der Waals surface area contributed by atoms with Gasteiger partial charge in [0.1, 0.15) is 5.75 Å². The van der Waals surface area contributed by atoms with Crippen LogP contribution < -0.4 is 10.1 Å². The fourth-order valence-electron chi connectivity index (χ4n) is 2.06. The molecule has 0 aliphatic heterocycles. The minimum atomic E-state index is 0.335. The maximum Gasteiger partial charge on any atom is 0.118 e. The van der Waals surface area contributed by atoms with Gasteiger partial charge in [0.15, 0.2) is 0 Å². The summed E-state index contributed by atoms with van der Waals surface area (Å²) in [5, 5.41) is 3.40. The van der Waals surface area contributed by atoms with Crippen molar-refractivity contribution >= 4 is 27.3 Å². The Balaban J connectivity index is 2.16. The van der Waals surface area contributed by atoms with E-state index < -0.39 is 0 Å². The molecule has 0 saturated carbocycles. The minimum absolute atomic E-state index is 0.335. The maximum absolute atomic E-state index is 5.19. The molecule has 0 aliphatic rings. The molecule has 0 radical (unpaired) electrons. The molecule has 1 N–H and O–H groups in total. The van der Waals surface area contributed by atoms with Crippen LogP contribution in [-0.2, 0) is 6.42 Å². The van der Waals surface area contributed by atoms with E-state index in [0.717, 1.165) is 12.2 Å². The summed E-state index contributed by atoms with van der Waals surface area (Å²) in [6.07, 6.45) is 0.971. The van der Waals surface area contributed by atoms with E-state index in [1.54, 1.807) is 7.11 Å². The van der Waals surface area contributed by atoms with Gasteiger partial charge in [0.2, 0.25) is 0 Å². The SMILES string of the molecule is CNC(Cc1ccc(OC)cc1)c1sc(C)cc1Br. The van der Waals surface area contributed by atoms with Crippen molar-refractivity contribution < 1.29 is 4.74 Å². The van der Waals surface area contributed by atoms with Gasteiger partial charge in [0.25, 0.3) is 0 Å². The zero-order valence-electron chi connectivity index (χ0n) is 11.4. The first kappa shape index (κ1) is 14.6. The number of rotatable bonds is 5. The van der Waals surface area contributed by atoms with Gasteiger partial charge in [-0.15, -0.1) is 11.3 Å². The average Bonchev–Trinajstić information content (AvgIpc) is 2.75. The zero-order chi connectivity index (χ0) is 13.8. The Morgan fingerprint density at radius 3 is 2.47 bits per heavy atom. The molecule has 1 heterocycles. The predicted octanol–water partition coefficient (Wildman–Crippen LogP) is 4.33. The Hall–Kier alpha value is -0.840. The summed E-state index contributed by atoms with van der Waals surface area (Å²) in [7, 11) is 3.70. The van der Waals surface area contributed by atoms with E-state index in [2.05, 4.69) is 46.4 Å². The molecule has 0 amide bonds. The van der Waals surface area contributed by atoms with Gasteiger partial charge in [0.05, 0.1) is 7.11 Å². The molecule has 2 nitrogen and oxygen atoms in total. The van der Waals surface area contributed by atoms with E-state index in [0.29, 0.717) is 6.04 Å². The fraction of sp³-hybridized carbons (Fsp3) is 0.333. The van der Waals surface area contributed by atoms with Crippen molar-refractivity contribution in [3.8, 4) is 5.75 Å². The van der Waals surface area contributed by atoms with E-state index in [-0.39, 0.29) is 0 Å². The third kappa shape index (κ3) is 3.59. The lowest BCUT2D eigenvalue weighted by Gasteiger charge is -2.15. The van der Waals surface area contributed by atoms with Crippen LogP contribution in [0.15, 0.2) is 34.8 Å². The summed E-state index contributed by atoms with van der Waals surface area (Å²) in [6, 6.07) is 10.8. The molecule has 0 fully saturated rings. The Morgan fingerprint density at radius 2 is 2.00 bits per heavy atom. The number of aryl methyl sites for hydroxylation is 1. The molecule has 0 saturated heterocycles. The predicted molar refractivity (Wildman–Crippen MR) is 85.3 cm³/mol. The van der Waals surface area contributed by atoms with Crippen LogP contribution in [-0.4, -0.2) is 14.2 Å². The van der Waals surface area contributed by atoms with E-state index >= 15 is 0 Å². The second kappa shape index (κ2) is 6.55. The number of likely N-dealkylation sites (N-methyl/N-ethyl adjacent to an activating group) is 1. The maximum atomic E-state index is 5.19. The Morgan fingerprint density at radius 1 is 1.32 bits per heavy atom. The highest BCUT2D eigenvalue weighted by molar-refractivity contribution is 9.10. The van der Waals surface area contributed by atoms with Gasteiger partial charge < -0.3 is 10.1 Å². The summed E-state index contributed by atoms with van der Waals surface area (Å²) in [5.41, 5.74) is 1.30. The molecule has 1 atom stereocenters. The molecular weight excluding hydrogens is 322 g/mol. The molecular formula is C15H18BrNOS. The summed E-state index contributed by atoms with van der Waals surface area (Å²) >= 11 is 5.49. The van der Waals surface area contributed by atoms with Crippen LogP contribution in [0.2, 0.25) is 0 Å². The Labute approximate surface area is 126 Å². The topological polar surface area (TPSA) is 21.3 Å². The van der Waals surface area contributed by atoms with Crippen LogP contribution >= 0.6 is 27.3 Å². The lowest BCUT2D eigenvalue weighted by molar-refractivity contribution is 0.414. The van der Waals surface area contributed by atoms with Gasteiger partial charge >= 0.3 is 0 Å². The molecule has 0 bridgehead atoms. The molecule has 102 valence electrons. The molecule has 0 spiro atoms. The minimum Gasteiger partial charge on any atom is -0.497 e. The molecule has 1 aromatic heterocycles. The number of methoxy groups -OCH3 is 1. The first-order chi connectivity index (χ1) is 9.13. The number of hydrogen-bond donors (Lipinski definition) is 1. The van der Waals surface area contributed by atoms with E-state index in [4.69, 9.17) is 4.74 Å². The zero-order valence-corrected chi connectivity index (χ0v) is 13.8. The molecule has 19 heavy (non-hydrogen) atoms. The number of thiophene rings is 1. The van der Waals surface area contributed by atoms with Crippen molar-refractivity contribution in [2.45, 2.75) is 19.4 Å². The molecule has 2 rings (SSSR count). The highest BCUT2D eigenvalue weighted by atomic mass is 79.9. The van der Waals surface area contributed by atoms with Crippen molar-refractivity contribution in [1.29, 1.82) is 0 Å². The lowest BCUT2D eigenvalue weighted by Crippen LogP contribution is -2.18. The van der Waals surface area contributed by atoms with Crippen molar-refractivity contribution in [1.82, 2.24) is 5.32 Å². The van der Waals surface area contributed by atoms with Crippen molar-refractivity contribution in [3.05, 3.63) is 50.1 Å². The molecule has 0 aliphatic carbocycles. The normalized spacial score (nSPS) is 12.4. The average molecular weight is 340 g/mol. The van der Waals surface area contributed by atoms with Crippen LogP contribution in [0.4, 0.5) is 0 Å². The van der Waals surface area contributed by atoms with Crippen LogP contribution in [0.1, 0.15) is 21.4 Å². The second-order valence-corrected chi connectivity index (χ2v) is 6.60. The standard InChI is InChI=1S/C15H18BrNOS/c1-10-8-13(16)15(19-10)14(17-2)9-11-4-6-12(18-3)7-5-11/h4-8,14,17H,9H2,1-3H3. The van der Waals surface area contributed by atoms with Crippen LogP contribution in [0.3, 0.4) is 0 Å². The molecule has 1 aromatic carbocycles. The number of hydrogen-bond acceptors (Lipinski definition) is 3. The summed E-state index contributed by atoms with van der Waals surface area (Å²) in [6.45, 7) is 2.14. The van der Waals surface area contributed by atoms with E-state index in [9.17, 15) is 0 Å². The molecule has 4 heteroatoms. The Bertz CT molecular complexity index is 536. The number of ether oxygens (including phenoxy) is 1. The number of nitrogens with one attached hydrogen (secondary N) is 1. The van der Waals surface area contributed by atoms with Crippen molar-refractivity contribution in [2.24, 2.45) is 0 Å². The van der Waals surface area contributed by atoms with E-state index in [1.165, 1.54) is 19.8 Å². The highest BCUT2D eigenvalue weighted by Gasteiger charge is 2.16. The second-order valence-electron chi connectivity index (χ2n) is 4.46. The first-order valence-electron chi connectivity index (χ1n) is 6.20. The summed E-state index contributed by atoms with van der Waals surface area (Å²) < 4.78 is 6.38. The van der Waals surface area contributed by atoms with Gasteiger partial charge in [0, 0.05) is 20.3 Å². The van der Waals surface area contributed by atoms with Crippen LogP contribution in [0, 0.1) is 6.92 Å². The van der Waals surface area contributed by atoms with Gasteiger partial charge in [-0.05, 0) is 60.1 Å². The highest BCUT2D eigenvalue weighted by Crippen LogP contribution is 2.33.